The second-order valence-corrected chi connectivity index (χ2v) is 4.82. The van der Waals surface area contributed by atoms with Gasteiger partial charge in [0.2, 0.25) is 0 Å². The Bertz CT molecular complexity index is 154. The highest BCUT2D eigenvalue weighted by molar-refractivity contribution is 4.82. The van der Waals surface area contributed by atoms with Gasteiger partial charge in [0.05, 0.1) is 0 Å². The van der Waals surface area contributed by atoms with Crippen molar-refractivity contribution in [1.82, 2.24) is 10.2 Å². The minimum atomic E-state index is 0.659. The maximum absolute atomic E-state index is 3.57. The molecule has 1 aliphatic carbocycles. The number of rotatable bonds is 6. The average molecular weight is 198 g/mol. The Hall–Kier alpha value is -0.0800. The summed E-state index contributed by atoms with van der Waals surface area (Å²) in [6.45, 7) is 7.95. The van der Waals surface area contributed by atoms with E-state index in [-0.39, 0.29) is 0 Å². The molecule has 0 radical (unpaired) electrons. The van der Waals surface area contributed by atoms with Crippen LogP contribution in [0.5, 0.6) is 0 Å². The van der Waals surface area contributed by atoms with Crippen molar-refractivity contribution in [3.63, 3.8) is 0 Å². The lowest BCUT2D eigenvalue weighted by atomic mass is 9.91. The fourth-order valence-corrected chi connectivity index (χ4v) is 1.81. The van der Waals surface area contributed by atoms with Crippen molar-refractivity contribution in [2.24, 2.45) is 0 Å². The molecule has 0 spiro atoms. The SMILES string of the molecule is CCC(C)NCC(C)N(C)C1CCC1. The van der Waals surface area contributed by atoms with Crippen LogP contribution in [0.3, 0.4) is 0 Å². The summed E-state index contributed by atoms with van der Waals surface area (Å²) in [5.41, 5.74) is 0. The van der Waals surface area contributed by atoms with Crippen molar-refractivity contribution in [3.8, 4) is 0 Å². The van der Waals surface area contributed by atoms with Gasteiger partial charge in [-0.2, -0.15) is 0 Å². The first kappa shape index (κ1) is 12.0. The number of hydrogen-bond acceptors (Lipinski definition) is 2. The molecule has 1 saturated carbocycles. The molecule has 0 heterocycles. The third-order valence-corrected chi connectivity index (χ3v) is 3.72. The van der Waals surface area contributed by atoms with Gasteiger partial charge in [-0.15, -0.1) is 0 Å². The van der Waals surface area contributed by atoms with Gasteiger partial charge in [-0.3, -0.25) is 4.90 Å². The minimum Gasteiger partial charge on any atom is -0.313 e. The van der Waals surface area contributed by atoms with Crippen LogP contribution in [-0.4, -0.2) is 36.6 Å². The Labute approximate surface area is 89.1 Å². The standard InChI is InChI=1S/C12H26N2/c1-5-10(2)13-9-11(3)14(4)12-7-6-8-12/h10-13H,5-9H2,1-4H3. The molecule has 1 fully saturated rings. The summed E-state index contributed by atoms with van der Waals surface area (Å²) >= 11 is 0. The molecule has 1 aliphatic rings. The molecule has 2 unspecified atom stereocenters. The number of likely N-dealkylation sites (N-methyl/N-ethyl adjacent to an activating group) is 1. The highest BCUT2D eigenvalue weighted by Gasteiger charge is 2.25. The first-order valence-electron chi connectivity index (χ1n) is 6.10. The van der Waals surface area contributed by atoms with Crippen molar-refractivity contribution in [3.05, 3.63) is 0 Å². The Balaban J connectivity index is 2.16. The summed E-state index contributed by atoms with van der Waals surface area (Å²) in [5.74, 6) is 0. The van der Waals surface area contributed by atoms with Crippen LogP contribution < -0.4 is 5.32 Å². The Morgan fingerprint density at radius 2 is 2.00 bits per heavy atom. The van der Waals surface area contributed by atoms with Crippen LogP contribution in [-0.2, 0) is 0 Å². The summed E-state index contributed by atoms with van der Waals surface area (Å²) in [5, 5.41) is 3.57. The average Bonchev–Trinajstić information content (AvgIpc) is 2.10. The van der Waals surface area contributed by atoms with Gasteiger partial charge in [0, 0.05) is 24.7 Å². The molecule has 2 heteroatoms. The number of nitrogens with one attached hydrogen (secondary N) is 1. The lowest BCUT2D eigenvalue weighted by molar-refractivity contribution is 0.115. The molecule has 0 aromatic rings. The van der Waals surface area contributed by atoms with E-state index in [2.05, 4.69) is 38.0 Å². The van der Waals surface area contributed by atoms with Crippen LogP contribution in [0.25, 0.3) is 0 Å². The lowest BCUT2D eigenvalue weighted by Crippen LogP contribution is -2.47. The summed E-state index contributed by atoms with van der Waals surface area (Å²) in [6.07, 6.45) is 5.47. The van der Waals surface area contributed by atoms with Crippen LogP contribution >= 0.6 is 0 Å². The second-order valence-electron chi connectivity index (χ2n) is 4.82. The van der Waals surface area contributed by atoms with Gasteiger partial charge in [0.1, 0.15) is 0 Å². The zero-order chi connectivity index (χ0) is 10.6. The van der Waals surface area contributed by atoms with Crippen molar-refractivity contribution >= 4 is 0 Å². The maximum atomic E-state index is 3.57. The zero-order valence-electron chi connectivity index (χ0n) is 10.2. The van der Waals surface area contributed by atoms with Crippen molar-refractivity contribution in [2.45, 2.75) is 64.6 Å². The Morgan fingerprint density at radius 3 is 2.43 bits per heavy atom. The molecular formula is C12H26N2. The molecule has 2 nitrogen and oxygen atoms in total. The van der Waals surface area contributed by atoms with Crippen molar-refractivity contribution in [2.75, 3.05) is 13.6 Å². The molecule has 0 amide bonds. The van der Waals surface area contributed by atoms with E-state index in [0.29, 0.717) is 12.1 Å². The number of nitrogens with zero attached hydrogens (tertiary/aromatic N) is 1. The normalized spacial score (nSPS) is 22.1. The van der Waals surface area contributed by atoms with Gasteiger partial charge < -0.3 is 5.32 Å². The van der Waals surface area contributed by atoms with Gasteiger partial charge in [-0.25, -0.2) is 0 Å². The molecule has 0 aromatic heterocycles. The van der Waals surface area contributed by atoms with E-state index < -0.39 is 0 Å². The fourth-order valence-electron chi connectivity index (χ4n) is 1.81. The van der Waals surface area contributed by atoms with Crippen molar-refractivity contribution < 1.29 is 0 Å². The molecular weight excluding hydrogens is 172 g/mol. The number of hydrogen-bond donors (Lipinski definition) is 1. The van der Waals surface area contributed by atoms with Crippen LogP contribution in [0.15, 0.2) is 0 Å². The van der Waals surface area contributed by atoms with Crippen molar-refractivity contribution in [1.29, 1.82) is 0 Å². The lowest BCUT2D eigenvalue weighted by Gasteiger charge is -2.39. The minimum absolute atomic E-state index is 0.659. The van der Waals surface area contributed by atoms with Gasteiger partial charge in [0.25, 0.3) is 0 Å². The van der Waals surface area contributed by atoms with E-state index in [1.807, 2.05) is 0 Å². The molecule has 0 aliphatic heterocycles. The molecule has 1 N–H and O–H groups in total. The molecule has 0 bridgehead atoms. The fraction of sp³-hybridized carbons (Fsp3) is 1.00. The maximum Gasteiger partial charge on any atom is 0.0192 e. The molecule has 1 rings (SSSR count). The molecule has 2 atom stereocenters. The topological polar surface area (TPSA) is 15.3 Å². The quantitative estimate of drug-likeness (QED) is 0.704. The van der Waals surface area contributed by atoms with E-state index in [9.17, 15) is 0 Å². The van der Waals surface area contributed by atoms with E-state index in [0.717, 1.165) is 12.6 Å². The van der Waals surface area contributed by atoms with Gasteiger partial charge >= 0.3 is 0 Å². The molecule has 0 saturated heterocycles. The Kier molecular flexibility index (Phi) is 4.90. The molecule has 14 heavy (non-hydrogen) atoms. The first-order chi connectivity index (χ1) is 6.65. The molecule has 84 valence electrons. The summed E-state index contributed by atoms with van der Waals surface area (Å²) in [6, 6.07) is 2.20. The summed E-state index contributed by atoms with van der Waals surface area (Å²) in [7, 11) is 2.27. The highest BCUT2D eigenvalue weighted by Crippen LogP contribution is 2.24. The summed E-state index contributed by atoms with van der Waals surface area (Å²) < 4.78 is 0. The first-order valence-corrected chi connectivity index (χ1v) is 6.10. The Morgan fingerprint density at radius 1 is 1.36 bits per heavy atom. The summed E-state index contributed by atoms with van der Waals surface area (Å²) in [4.78, 5) is 2.54. The van der Waals surface area contributed by atoms with Gasteiger partial charge in [-0.05, 0) is 40.2 Å². The smallest absolute Gasteiger partial charge is 0.0192 e. The van der Waals surface area contributed by atoms with Gasteiger partial charge in [0.15, 0.2) is 0 Å². The van der Waals surface area contributed by atoms with Crippen LogP contribution in [0.2, 0.25) is 0 Å². The van der Waals surface area contributed by atoms with E-state index in [1.54, 1.807) is 0 Å². The van der Waals surface area contributed by atoms with Gasteiger partial charge in [-0.1, -0.05) is 13.3 Å². The third-order valence-electron chi connectivity index (χ3n) is 3.72. The predicted octanol–water partition coefficient (Wildman–Crippen LogP) is 2.25. The molecule has 0 aromatic carbocycles. The van der Waals surface area contributed by atoms with Crippen LogP contribution in [0.4, 0.5) is 0 Å². The van der Waals surface area contributed by atoms with E-state index >= 15 is 0 Å². The highest BCUT2D eigenvalue weighted by atomic mass is 15.2. The largest absolute Gasteiger partial charge is 0.313 e. The zero-order valence-corrected chi connectivity index (χ0v) is 10.2. The monoisotopic (exact) mass is 198 g/mol. The van der Waals surface area contributed by atoms with E-state index in [1.165, 1.54) is 25.7 Å². The van der Waals surface area contributed by atoms with Crippen LogP contribution in [0, 0.1) is 0 Å². The third kappa shape index (κ3) is 3.25. The second kappa shape index (κ2) is 5.72. The van der Waals surface area contributed by atoms with Crippen LogP contribution in [0.1, 0.15) is 46.5 Å². The predicted molar refractivity (Wildman–Crippen MR) is 62.6 cm³/mol. The van der Waals surface area contributed by atoms with E-state index in [4.69, 9.17) is 0 Å².